The number of benzene rings is 1. The fourth-order valence-electron chi connectivity index (χ4n) is 2.09. The van der Waals surface area contributed by atoms with Gasteiger partial charge in [0.2, 0.25) is 0 Å². The zero-order chi connectivity index (χ0) is 12.1. The first kappa shape index (κ1) is 12.4. The van der Waals surface area contributed by atoms with E-state index in [4.69, 9.17) is 5.26 Å². The summed E-state index contributed by atoms with van der Waals surface area (Å²) in [4.78, 5) is 4.76. The van der Waals surface area contributed by atoms with Gasteiger partial charge in [0, 0.05) is 49.3 Å². The number of hydrogen-bond acceptors (Lipinski definition) is 3. The summed E-state index contributed by atoms with van der Waals surface area (Å²) in [5, 5.41) is 8.56. The molecule has 0 N–H and O–H groups in total. The maximum atomic E-state index is 8.56. The maximum Gasteiger partial charge on any atom is 0.0635 e. The highest BCUT2D eigenvalue weighted by Gasteiger charge is 2.16. The highest BCUT2D eigenvalue weighted by Crippen LogP contribution is 2.19. The van der Waals surface area contributed by atoms with Gasteiger partial charge in [-0.3, -0.25) is 4.90 Å². The summed E-state index contributed by atoms with van der Waals surface area (Å²) in [5.74, 6) is 0. The van der Waals surface area contributed by atoms with Crippen LogP contribution in [-0.2, 0) is 0 Å². The van der Waals surface area contributed by atoms with Crippen LogP contribution < -0.4 is 4.90 Å². The number of piperazine rings is 1. The van der Waals surface area contributed by atoms with Crippen LogP contribution in [0.25, 0.3) is 0 Å². The molecule has 0 bridgehead atoms. The standard InChI is InChI=1S/C13H16BrN3/c14-12-2-4-13(5-3-12)17-10-8-16(9-11-17)7-1-6-15/h2-5H,1,7-11H2. The molecular weight excluding hydrogens is 278 g/mol. The van der Waals surface area contributed by atoms with Gasteiger partial charge in [-0.05, 0) is 24.3 Å². The zero-order valence-electron chi connectivity index (χ0n) is 9.77. The van der Waals surface area contributed by atoms with Crippen molar-refractivity contribution in [1.29, 1.82) is 5.26 Å². The van der Waals surface area contributed by atoms with Crippen molar-refractivity contribution in [2.45, 2.75) is 6.42 Å². The molecule has 1 aromatic rings. The summed E-state index contributed by atoms with van der Waals surface area (Å²) < 4.78 is 1.12. The minimum absolute atomic E-state index is 0.637. The van der Waals surface area contributed by atoms with Gasteiger partial charge in [0.15, 0.2) is 0 Å². The molecule has 17 heavy (non-hydrogen) atoms. The Hall–Kier alpha value is -1.05. The van der Waals surface area contributed by atoms with Gasteiger partial charge in [-0.15, -0.1) is 0 Å². The molecule has 0 radical (unpaired) electrons. The first-order valence-corrected chi connectivity index (χ1v) is 6.69. The van der Waals surface area contributed by atoms with Gasteiger partial charge in [0.25, 0.3) is 0 Å². The number of rotatable bonds is 3. The molecule has 90 valence electrons. The predicted molar refractivity (Wildman–Crippen MR) is 73.0 cm³/mol. The quantitative estimate of drug-likeness (QED) is 0.858. The molecule has 1 aromatic carbocycles. The summed E-state index contributed by atoms with van der Waals surface area (Å²) in [5.41, 5.74) is 1.29. The van der Waals surface area contributed by atoms with Crippen LogP contribution in [0.4, 0.5) is 5.69 Å². The summed E-state index contributed by atoms with van der Waals surface area (Å²) in [6, 6.07) is 10.7. The van der Waals surface area contributed by atoms with Crippen LogP contribution in [-0.4, -0.2) is 37.6 Å². The Kier molecular flexibility index (Phi) is 4.41. The Morgan fingerprint density at radius 2 is 1.76 bits per heavy atom. The summed E-state index contributed by atoms with van der Waals surface area (Å²) in [6.45, 7) is 5.11. The van der Waals surface area contributed by atoms with E-state index in [9.17, 15) is 0 Å². The van der Waals surface area contributed by atoms with E-state index in [-0.39, 0.29) is 0 Å². The molecule has 0 aliphatic carbocycles. The second kappa shape index (κ2) is 6.04. The topological polar surface area (TPSA) is 30.3 Å². The van der Waals surface area contributed by atoms with E-state index in [0.29, 0.717) is 6.42 Å². The van der Waals surface area contributed by atoms with Crippen molar-refractivity contribution in [3.05, 3.63) is 28.7 Å². The van der Waals surface area contributed by atoms with Crippen molar-refractivity contribution in [3.63, 3.8) is 0 Å². The van der Waals surface area contributed by atoms with Crippen molar-refractivity contribution in [2.24, 2.45) is 0 Å². The fourth-order valence-corrected chi connectivity index (χ4v) is 2.35. The third kappa shape index (κ3) is 3.45. The molecule has 0 unspecified atom stereocenters. The lowest BCUT2D eigenvalue weighted by molar-refractivity contribution is 0.263. The number of hydrogen-bond donors (Lipinski definition) is 0. The van der Waals surface area contributed by atoms with Gasteiger partial charge < -0.3 is 4.90 Å². The Labute approximate surface area is 111 Å². The molecular formula is C13H16BrN3. The lowest BCUT2D eigenvalue weighted by Gasteiger charge is -2.35. The zero-order valence-corrected chi connectivity index (χ0v) is 11.4. The minimum Gasteiger partial charge on any atom is -0.369 e. The summed E-state index contributed by atoms with van der Waals surface area (Å²) >= 11 is 3.45. The molecule has 3 nitrogen and oxygen atoms in total. The Morgan fingerprint density at radius 3 is 2.35 bits per heavy atom. The molecule has 1 heterocycles. The van der Waals surface area contributed by atoms with E-state index >= 15 is 0 Å². The number of anilines is 1. The molecule has 0 amide bonds. The lowest BCUT2D eigenvalue weighted by atomic mass is 10.2. The van der Waals surface area contributed by atoms with Gasteiger partial charge in [0.05, 0.1) is 6.07 Å². The van der Waals surface area contributed by atoms with Crippen LogP contribution in [0.3, 0.4) is 0 Å². The van der Waals surface area contributed by atoms with Gasteiger partial charge in [-0.2, -0.15) is 5.26 Å². The number of halogens is 1. The van der Waals surface area contributed by atoms with Crippen molar-refractivity contribution in [3.8, 4) is 6.07 Å². The van der Waals surface area contributed by atoms with E-state index < -0.39 is 0 Å². The normalized spacial score (nSPS) is 16.8. The molecule has 0 spiro atoms. The van der Waals surface area contributed by atoms with E-state index in [2.05, 4.69) is 56.1 Å². The smallest absolute Gasteiger partial charge is 0.0635 e. The van der Waals surface area contributed by atoms with Gasteiger partial charge >= 0.3 is 0 Å². The van der Waals surface area contributed by atoms with Crippen molar-refractivity contribution < 1.29 is 0 Å². The van der Waals surface area contributed by atoms with Crippen LogP contribution in [0.1, 0.15) is 6.42 Å². The second-order valence-electron chi connectivity index (χ2n) is 4.21. The lowest BCUT2D eigenvalue weighted by Crippen LogP contribution is -2.46. The van der Waals surface area contributed by atoms with Gasteiger partial charge in [-0.25, -0.2) is 0 Å². The van der Waals surface area contributed by atoms with Crippen LogP contribution in [0.2, 0.25) is 0 Å². The molecule has 1 saturated heterocycles. The first-order chi connectivity index (χ1) is 8.29. The Morgan fingerprint density at radius 1 is 1.12 bits per heavy atom. The number of nitriles is 1. The Bertz CT molecular complexity index is 388. The molecule has 4 heteroatoms. The van der Waals surface area contributed by atoms with Crippen molar-refractivity contribution in [2.75, 3.05) is 37.6 Å². The highest BCUT2D eigenvalue weighted by atomic mass is 79.9. The molecule has 0 saturated carbocycles. The van der Waals surface area contributed by atoms with Gasteiger partial charge in [-0.1, -0.05) is 15.9 Å². The van der Waals surface area contributed by atoms with E-state index in [1.807, 2.05) is 0 Å². The third-order valence-corrected chi connectivity index (χ3v) is 3.63. The van der Waals surface area contributed by atoms with Crippen LogP contribution in [0, 0.1) is 11.3 Å². The maximum absolute atomic E-state index is 8.56. The van der Waals surface area contributed by atoms with Crippen LogP contribution >= 0.6 is 15.9 Å². The van der Waals surface area contributed by atoms with Crippen molar-refractivity contribution in [1.82, 2.24) is 4.90 Å². The van der Waals surface area contributed by atoms with Crippen LogP contribution in [0.5, 0.6) is 0 Å². The van der Waals surface area contributed by atoms with E-state index in [1.165, 1.54) is 5.69 Å². The Balaban J connectivity index is 1.87. The van der Waals surface area contributed by atoms with Crippen LogP contribution in [0.15, 0.2) is 28.7 Å². The second-order valence-corrected chi connectivity index (χ2v) is 5.13. The predicted octanol–water partition coefficient (Wildman–Crippen LogP) is 2.48. The SMILES string of the molecule is N#CCCN1CCN(c2ccc(Br)cc2)CC1. The van der Waals surface area contributed by atoms with Gasteiger partial charge in [0.1, 0.15) is 0 Å². The average Bonchev–Trinajstić information content (AvgIpc) is 2.38. The molecule has 0 aromatic heterocycles. The largest absolute Gasteiger partial charge is 0.369 e. The third-order valence-electron chi connectivity index (χ3n) is 3.10. The first-order valence-electron chi connectivity index (χ1n) is 5.89. The fraction of sp³-hybridized carbons (Fsp3) is 0.462. The summed E-state index contributed by atoms with van der Waals surface area (Å²) in [7, 11) is 0. The highest BCUT2D eigenvalue weighted by molar-refractivity contribution is 9.10. The average molecular weight is 294 g/mol. The monoisotopic (exact) mass is 293 g/mol. The van der Waals surface area contributed by atoms with E-state index in [0.717, 1.165) is 37.2 Å². The summed E-state index contributed by atoms with van der Waals surface area (Å²) in [6.07, 6.45) is 0.637. The molecule has 2 rings (SSSR count). The number of nitrogens with zero attached hydrogens (tertiary/aromatic N) is 3. The molecule has 0 atom stereocenters. The minimum atomic E-state index is 0.637. The van der Waals surface area contributed by atoms with Crippen molar-refractivity contribution >= 4 is 21.6 Å². The van der Waals surface area contributed by atoms with E-state index in [1.54, 1.807) is 0 Å². The molecule has 1 aliphatic heterocycles. The molecule has 1 fully saturated rings. The molecule has 1 aliphatic rings.